The number of hydrogen-bond acceptors (Lipinski definition) is 4. The highest BCUT2D eigenvalue weighted by Crippen LogP contribution is 2.19. The van der Waals surface area contributed by atoms with Crippen molar-refractivity contribution in [3.8, 4) is 11.5 Å². The summed E-state index contributed by atoms with van der Waals surface area (Å²) in [7, 11) is 0. The molecular formula is C16H20F2N2O2. The van der Waals surface area contributed by atoms with E-state index >= 15 is 0 Å². The third-order valence-electron chi connectivity index (χ3n) is 2.39. The molecule has 0 aliphatic heterocycles. The minimum absolute atomic E-state index is 0.0892. The zero-order chi connectivity index (χ0) is 16.4. The van der Waals surface area contributed by atoms with Crippen LogP contribution in [0.4, 0.5) is 14.5 Å². The summed E-state index contributed by atoms with van der Waals surface area (Å²) in [4.78, 5) is 0. The van der Waals surface area contributed by atoms with E-state index in [2.05, 4.69) is 0 Å². The second kappa shape index (κ2) is 9.57. The summed E-state index contributed by atoms with van der Waals surface area (Å²) >= 11 is 0. The largest absolute Gasteiger partial charge is 0.487 e. The van der Waals surface area contributed by atoms with Gasteiger partial charge in [-0.05, 0) is 30.8 Å². The van der Waals surface area contributed by atoms with E-state index in [1.54, 1.807) is 12.1 Å². The van der Waals surface area contributed by atoms with Crippen molar-refractivity contribution in [2.75, 3.05) is 25.5 Å². The second-order valence-corrected chi connectivity index (χ2v) is 4.23. The van der Waals surface area contributed by atoms with Gasteiger partial charge in [-0.25, -0.2) is 8.78 Å². The molecule has 0 aliphatic rings. The van der Waals surface area contributed by atoms with Crippen molar-refractivity contribution in [2.45, 2.75) is 6.92 Å². The molecule has 4 N–H and O–H groups in total. The number of benzene rings is 2. The van der Waals surface area contributed by atoms with E-state index in [1.807, 2.05) is 6.92 Å². The lowest BCUT2D eigenvalue weighted by Crippen LogP contribution is -2.10. The Kier molecular flexibility index (Phi) is 7.70. The average molecular weight is 310 g/mol. The molecule has 0 amide bonds. The van der Waals surface area contributed by atoms with Gasteiger partial charge >= 0.3 is 0 Å². The Morgan fingerprint density at radius 1 is 0.909 bits per heavy atom. The predicted molar refractivity (Wildman–Crippen MR) is 82.9 cm³/mol. The molecule has 0 aliphatic carbocycles. The van der Waals surface area contributed by atoms with Gasteiger partial charge in [-0.2, -0.15) is 0 Å². The first-order chi connectivity index (χ1) is 10.6. The first-order valence-corrected chi connectivity index (χ1v) is 6.83. The number of halogens is 2. The molecule has 0 heterocycles. The number of hydrogen-bond donors (Lipinski definition) is 2. The van der Waals surface area contributed by atoms with Crippen molar-refractivity contribution in [1.29, 1.82) is 0 Å². The Balaban J connectivity index is 0.000000745. The first kappa shape index (κ1) is 17.7. The van der Waals surface area contributed by atoms with Gasteiger partial charge in [-0.15, -0.1) is 0 Å². The number of ether oxygens (including phenoxy) is 2. The Hall–Kier alpha value is -2.34. The van der Waals surface area contributed by atoms with Gasteiger partial charge in [0, 0.05) is 11.8 Å². The van der Waals surface area contributed by atoms with Crippen LogP contribution in [0.5, 0.6) is 11.5 Å². The van der Waals surface area contributed by atoms with E-state index in [0.717, 1.165) is 6.54 Å². The summed E-state index contributed by atoms with van der Waals surface area (Å²) in [6.07, 6.45) is 0. The fraction of sp³-hybridized carbons (Fsp3) is 0.250. The molecule has 4 nitrogen and oxygen atoms in total. The summed E-state index contributed by atoms with van der Waals surface area (Å²) in [5.74, 6) is -0.748. The number of para-hydroxylation sites is 1. The highest BCUT2D eigenvalue weighted by molar-refractivity contribution is 5.42. The van der Waals surface area contributed by atoms with Crippen LogP contribution in [0.25, 0.3) is 0 Å². The lowest BCUT2D eigenvalue weighted by atomic mass is 10.3. The number of anilines is 1. The molecule has 0 aromatic heterocycles. The minimum atomic E-state index is -0.536. The van der Waals surface area contributed by atoms with Crippen LogP contribution in [-0.2, 0) is 0 Å². The quantitative estimate of drug-likeness (QED) is 0.658. The van der Waals surface area contributed by atoms with Crippen molar-refractivity contribution < 1.29 is 18.3 Å². The number of nitrogen functional groups attached to an aromatic ring is 1. The normalized spacial score (nSPS) is 9.64. The molecule has 0 unspecified atom stereocenters. The molecule has 120 valence electrons. The van der Waals surface area contributed by atoms with Gasteiger partial charge < -0.3 is 20.9 Å². The third-order valence-corrected chi connectivity index (χ3v) is 2.39. The number of rotatable bonds is 5. The SMILES string of the molecule is CCN.Nc1ccc(OCCOc2ccccc2F)c(F)c1. The lowest BCUT2D eigenvalue weighted by molar-refractivity contribution is 0.206. The van der Waals surface area contributed by atoms with Crippen LogP contribution in [0.15, 0.2) is 42.5 Å². The summed E-state index contributed by atoms with van der Waals surface area (Å²) in [6.45, 7) is 2.87. The van der Waals surface area contributed by atoms with Gasteiger partial charge in [-0.1, -0.05) is 19.1 Å². The van der Waals surface area contributed by atoms with Crippen LogP contribution in [0.2, 0.25) is 0 Å². The molecule has 6 heteroatoms. The van der Waals surface area contributed by atoms with E-state index in [0.29, 0.717) is 5.69 Å². The van der Waals surface area contributed by atoms with Crippen LogP contribution in [0.3, 0.4) is 0 Å². The minimum Gasteiger partial charge on any atom is -0.487 e. The van der Waals surface area contributed by atoms with Gasteiger partial charge in [0.2, 0.25) is 0 Å². The molecule has 2 aromatic rings. The van der Waals surface area contributed by atoms with Crippen molar-refractivity contribution >= 4 is 5.69 Å². The molecule has 22 heavy (non-hydrogen) atoms. The summed E-state index contributed by atoms with van der Waals surface area (Å²) < 4.78 is 36.9. The van der Waals surface area contributed by atoms with E-state index in [1.165, 1.54) is 30.3 Å². The second-order valence-electron chi connectivity index (χ2n) is 4.23. The maximum Gasteiger partial charge on any atom is 0.167 e. The lowest BCUT2D eigenvalue weighted by Gasteiger charge is -2.09. The van der Waals surface area contributed by atoms with Gasteiger partial charge in [0.1, 0.15) is 13.2 Å². The summed E-state index contributed by atoms with van der Waals surface area (Å²) in [5, 5.41) is 0. The molecule has 2 rings (SSSR count). The number of nitrogens with two attached hydrogens (primary N) is 2. The van der Waals surface area contributed by atoms with E-state index in [-0.39, 0.29) is 24.7 Å². The van der Waals surface area contributed by atoms with Gasteiger partial charge in [0.25, 0.3) is 0 Å². The predicted octanol–water partition coefficient (Wildman–Crippen LogP) is 2.97. The molecule has 0 saturated heterocycles. The monoisotopic (exact) mass is 310 g/mol. The van der Waals surface area contributed by atoms with Gasteiger partial charge in [0.15, 0.2) is 23.1 Å². The Bertz CT molecular complexity index is 580. The van der Waals surface area contributed by atoms with Crippen LogP contribution in [0, 0.1) is 11.6 Å². The molecule has 0 radical (unpaired) electrons. The molecule has 0 spiro atoms. The highest BCUT2D eigenvalue weighted by atomic mass is 19.1. The van der Waals surface area contributed by atoms with Gasteiger partial charge in [-0.3, -0.25) is 0 Å². The zero-order valence-electron chi connectivity index (χ0n) is 12.4. The van der Waals surface area contributed by atoms with Crippen LogP contribution in [0.1, 0.15) is 6.92 Å². The molecule has 0 atom stereocenters. The maximum absolute atomic E-state index is 13.4. The smallest absolute Gasteiger partial charge is 0.167 e. The van der Waals surface area contributed by atoms with Crippen LogP contribution < -0.4 is 20.9 Å². The van der Waals surface area contributed by atoms with Crippen LogP contribution in [-0.4, -0.2) is 19.8 Å². The van der Waals surface area contributed by atoms with Crippen molar-refractivity contribution in [2.24, 2.45) is 5.73 Å². The summed E-state index contributed by atoms with van der Waals surface area (Å²) in [6, 6.07) is 10.2. The van der Waals surface area contributed by atoms with E-state index < -0.39 is 11.6 Å². The molecule has 0 bridgehead atoms. The van der Waals surface area contributed by atoms with Gasteiger partial charge in [0.05, 0.1) is 0 Å². The maximum atomic E-state index is 13.4. The molecule has 0 fully saturated rings. The standard InChI is InChI=1S/C14H13F2NO2.C2H7N/c15-11-3-1-2-4-13(11)18-7-8-19-14-6-5-10(17)9-12(14)16;1-2-3/h1-6,9H,7-8,17H2;2-3H2,1H3. The van der Waals surface area contributed by atoms with E-state index in [4.69, 9.17) is 20.9 Å². The van der Waals surface area contributed by atoms with Crippen molar-refractivity contribution in [3.63, 3.8) is 0 Å². The van der Waals surface area contributed by atoms with Crippen molar-refractivity contribution in [1.82, 2.24) is 0 Å². The first-order valence-electron chi connectivity index (χ1n) is 6.83. The van der Waals surface area contributed by atoms with E-state index in [9.17, 15) is 8.78 Å². The fourth-order valence-electron chi connectivity index (χ4n) is 1.50. The summed E-state index contributed by atoms with van der Waals surface area (Å²) in [5.41, 5.74) is 10.6. The molecule has 0 saturated carbocycles. The fourth-order valence-corrected chi connectivity index (χ4v) is 1.50. The molecular weight excluding hydrogens is 290 g/mol. The third kappa shape index (κ3) is 5.97. The van der Waals surface area contributed by atoms with Crippen molar-refractivity contribution in [3.05, 3.63) is 54.1 Å². The highest BCUT2D eigenvalue weighted by Gasteiger charge is 2.04. The van der Waals surface area contributed by atoms with Crippen LogP contribution >= 0.6 is 0 Å². The Morgan fingerprint density at radius 2 is 1.45 bits per heavy atom. The Labute approximate surface area is 128 Å². The zero-order valence-corrected chi connectivity index (χ0v) is 12.4. The molecule has 2 aromatic carbocycles. The average Bonchev–Trinajstić information content (AvgIpc) is 2.48. The Morgan fingerprint density at radius 3 is 2.00 bits per heavy atom. The topological polar surface area (TPSA) is 70.5 Å².